The number of nitrogens with zero attached hydrogens (tertiary/aromatic N) is 2. The van der Waals surface area contributed by atoms with Gasteiger partial charge < -0.3 is 10.6 Å². The standard InChI is InChI=1S/C12H19N3/c1-2-10-6-3-4-9-15(10)12-11(13)7-5-8-14-12/h5,7-8,10H,2-4,6,9,13H2,1H3/t10-/m0/s1. The van der Waals surface area contributed by atoms with Crippen LogP contribution in [0.5, 0.6) is 0 Å². The molecule has 3 heteroatoms. The lowest BCUT2D eigenvalue weighted by molar-refractivity contribution is 0.447. The molecule has 3 nitrogen and oxygen atoms in total. The quantitative estimate of drug-likeness (QED) is 0.806. The smallest absolute Gasteiger partial charge is 0.152 e. The zero-order valence-corrected chi connectivity index (χ0v) is 9.32. The predicted octanol–water partition coefficient (Wildman–Crippen LogP) is 2.43. The van der Waals surface area contributed by atoms with Crippen LogP contribution < -0.4 is 10.6 Å². The summed E-state index contributed by atoms with van der Waals surface area (Å²) in [6, 6.07) is 4.45. The molecular weight excluding hydrogens is 186 g/mol. The van der Waals surface area contributed by atoms with Crippen molar-refractivity contribution in [2.45, 2.75) is 38.6 Å². The van der Waals surface area contributed by atoms with E-state index in [0.717, 1.165) is 18.1 Å². The maximum absolute atomic E-state index is 5.96. The molecule has 0 aromatic carbocycles. The van der Waals surface area contributed by atoms with Crippen LogP contribution in [0.1, 0.15) is 32.6 Å². The van der Waals surface area contributed by atoms with Gasteiger partial charge in [-0.1, -0.05) is 6.92 Å². The summed E-state index contributed by atoms with van der Waals surface area (Å²) in [6.45, 7) is 3.34. The average molecular weight is 205 g/mol. The van der Waals surface area contributed by atoms with Gasteiger partial charge in [-0.05, 0) is 37.8 Å². The molecule has 0 saturated carbocycles. The predicted molar refractivity (Wildman–Crippen MR) is 63.9 cm³/mol. The number of hydrogen-bond acceptors (Lipinski definition) is 3. The van der Waals surface area contributed by atoms with E-state index in [-0.39, 0.29) is 0 Å². The summed E-state index contributed by atoms with van der Waals surface area (Å²) in [7, 11) is 0. The van der Waals surface area contributed by atoms with Crippen molar-refractivity contribution in [3.8, 4) is 0 Å². The fraction of sp³-hybridized carbons (Fsp3) is 0.583. The van der Waals surface area contributed by atoms with Gasteiger partial charge in [0.05, 0.1) is 5.69 Å². The minimum absolute atomic E-state index is 0.621. The van der Waals surface area contributed by atoms with Crippen molar-refractivity contribution < 1.29 is 0 Å². The van der Waals surface area contributed by atoms with Crippen LogP contribution in [0.3, 0.4) is 0 Å². The molecule has 0 amide bonds. The summed E-state index contributed by atoms with van der Waals surface area (Å²) in [5.41, 5.74) is 6.77. The van der Waals surface area contributed by atoms with Crippen LogP contribution >= 0.6 is 0 Å². The van der Waals surface area contributed by atoms with E-state index in [2.05, 4.69) is 16.8 Å². The second-order valence-corrected chi connectivity index (χ2v) is 4.17. The number of rotatable bonds is 2. The molecule has 0 radical (unpaired) electrons. The molecule has 0 spiro atoms. The van der Waals surface area contributed by atoms with Crippen molar-refractivity contribution in [1.29, 1.82) is 0 Å². The average Bonchev–Trinajstić information content (AvgIpc) is 2.30. The highest BCUT2D eigenvalue weighted by Crippen LogP contribution is 2.28. The molecule has 0 bridgehead atoms. The monoisotopic (exact) mass is 205 g/mol. The Bertz CT molecular complexity index is 324. The van der Waals surface area contributed by atoms with Gasteiger partial charge >= 0.3 is 0 Å². The van der Waals surface area contributed by atoms with Gasteiger partial charge in [-0.15, -0.1) is 0 Å². The lowest BCUT2D eigenvalue weighted by atomic mass is 10.00. The first-order chi connectivity index (χ1) is 7.33. The van der Waals surface area contributed by atoms with Crippen LogP contribution in [0.4, 0.5) is 11.5 Å². The molecule has 2 heterocycles. The van der Waals surface area contributed by atoms with Crippen LogP contribution in [0.25, 0.3) is 0 Å². The highest BCUT2D eigenvalue weighted by molar-refractivity contribution is 5.62. The lowest BCUT2D eigenvalue weighted by Crippen LogP contribution is -2.40. The zero-order chi connectivity index (χ0) is 10.7. The van der Waals surface area contributed by atoms with E-state index in [1.165, 1.54) is 25.7 Å². The van der Waals surface area contributed by atoms with E-state index in [4.69, 9.17) is 5.73 Å². The van der Waals surface area contributed by atoms with Crippen LogP contribution in [-0.2, 0) is 0 Å². The fourth-order valence-electron chi connectivity index (χ4n) is 2.35. The van der Waals surface area contributed by atoms with Crippen molar-refractivity contribution in [3.63, 3.8) is 0 Å². The third kappa shape index (κ3) is 2.06. The minimum atomic E-state index is 0.621. The highest BCUT2D eigenvalue weighted by Gasteiger charge is 2.22. The molecule has 0 unspecified atom stereocenters. The van der Waals surface area contributed by atoms with Gasteiger partial charge in [0, 0.05) is 18.8 Å². The Labute approximate surface area is 91.3 Å². The molecule has 1 saturated heterocycles. The van der Waals surface area contributed by atoms with Crippen LogP contribution in [0.2, 0.25) is 0 Å². The largest absolute Gasteiger partial charge is 0.396 e. The van der Waals surface area contributed by atoms with Crippen LogP contribution in [-0.4, -0.2) is 17.6 Å². The summed E-state index contributed by atoms with van der Waals surface area (Å²) in [6.07, 6.45) is 6.86. The third-order valence-electron chi connectivity index (χ3n) is 3.19. The first-order valence-electron chi connectivity index (χ1n) is 5.80. The first kappa shape index (κ1) is 10.3. The van der Waals surface area contributed by atoms with Gasteiger partial charge in [-0.2, -0.15) is 0 Å². The molecule has 1 aliphatic heterocycles. The van der Waals surface area contributed by atoms with E-state index in [1.807, 2.05) is 18.3 Å². The number of aromatic nitrogens is 1. The van der Waals surface area contributed by atoms with Crippen LogP contribution in [0.15, 0.2) is 18.3 Å². The Morgan fingerprint density at radius 1 is 1.53 bits per heavy atom. The molecule has 0 aliphatic carbocycles. The summed E-state index contributed by atoms with van der Waals surface area (Å²) in [5.74, 6) is 0.976. The molecular formula is C12H19N3. The Hall–Kier alpha value is -1.25. The Morgan fingerprint density at radius 3 is 3.13 bits per heavy atom. The number of piperidine rings is 1. The summed E-state index contributed by atoms with van der Waals surface area (Å²) < 4.78 is 0. The van der Waals surface area contributed by atoms with Gasteiger partial charge in [0.2, 0.25) is 0 Å². The van der Waals surface area contributed by atoms with Crippen molar-refractivity contribution in [2.24, 2.45) is 0 Å². The zero-order valence-electron chi connectivity index (χ0n) is 9.32. The van der Waals surface area contributed by atoms with E-state index < -0.39 is 0 Å². The van der Waals surface area contributed by atoms with Crippen molar-refractivity contribution in [3.05, 3.63) is 18.3 Å². The van der Waals surface area contributed by atoms with Gasteiger partial charge in [0.15, 0.2) is 5.82 Å². The Balaban J connectivity index is 2.24. The molecule has 1 atom stereocenters. The summed E-state index contributed by atoms with van der Waals surface area (Å²) in [5, 5.41) is 0. The topological polar surface area (TPSA) is 42.2 Å². The minimum Gasteiger partial charge on any atom is -0.396 e. The molecule has 1 aromatic rings. The van der Waals surface area contributed by atoms with E-state index >= 15 is 0 Å². The molecule has 2 N–H and O–H groups in total. The normalized spacial score (nSPS) is 21.7. The molecule has 1 aliphatic rings. The van der Waals surface area contributed by atoms with E-state index in [1.54, 1.807) is 0 Å². The fourth-order valence-corrected chi connectivity index (χ4v) is 2.35. The van der Waals surface area contributed by atoms with E-state index in [9.17, 15) is 0 Å². The number of nitrogens with two attached hydrogens (primary N) is 1. The number of hydrogen-bond donors (Lipinski definition) is 1. The van der Waals surface area contributed by atoms with Crippen molar-refractivity contribution in [1.82, 2.24) is 4.98 Å². The Kier molecular flexibility index (Phi) is 3.09. The third-order valence-corrected chi connectivity index (χ3v) is 3.19. The van der Waals surface area contributed by atoms with Gasteiger partial charge in [0.1, 0.15) is 0 Å². The maximum atomic E-state index is 5.96. The maximum Gasteiger partial charge on any atom is 0.152 e. The lowest BCUT2D eigenvalue weighted by Gasteiger charge is -2.36. The van der Waals surface area contributed by atoms with Gasteiger partial charge in [-0.3, -0.25) is 0 Å². The number of anilines is 2. The SMILES string of the molecule is CC[C@H]1CCCCN1c1ncccc1N. The number of pyridine rings is 1. The molecule has 15 heavy (non-hydrogen) atoms. The first-order valence-corrected chi connectivity index (χ1v) is 5.80. The summed E-state index contributed by atoms with van der Waals surface area (Å²) in [4.78, 5) is 6.77. The van der Waals surface area contributed by atoms with Gasteiger partial charge in [0.25, 0.3) is 0 Å². The molecule has 82 valence electrons. The van der Waals surface area contributed by atoms with Crippen LogP contribution in [0, 0.1) is 0 Å². The van der Waals surface area contributed by atoms with E-state index in [0.29, 0.717) is 6.04 Å². The number of nitrogen functional groups attached to an aromatic ring is 1. The van der Waals surface area contributed by atoms with Gasteiger partial charge in [-0.25, -0.2) is 4.98 Å². The molecule has 2 rings (SSSR count). The van der Waals surface area contributed by atoms with Crippen molar-refractivity contribution in [2.75, 3.05) is 17.2 Å². The molecule has 1 aromatic heterocycles. The Morgan fingerprint density at radius 2 is 2.40 bits per heavy atom. The summed E-state index contributed by atoms with van der Waals surface area (Å²) >= 11 is 0. The van der Waals surface area contributed by atoms with Crippen molar-refractivity contribution >= 4 is 11.5 Å². The molecule has 1 fully saturated rings. The second kappa shape index (κ2) is 4.51. The highest BCUT2D eigenvalue weighted by atomic mass is 15.2. The second-order valence-electron chi connectivity index (χ2n) is 4.17.